The van der Waals surface area contributed by atoms with E-state index >= 15 is 0 Å². The van der Waals surface area contributed by atoms with Crippen LogP contribution in [0.25, 0.3) is 0 Å². The zero-order valence-corrected chi connectivity index (χ0v) is 16.5. The summed E-state index contributed by atoms with van der Waals surface area (Å²) in [4.78, 5) is 20.1. The second-order valence-electron chi connectivity index (χ2n) is 6.87. The van der Waals surface area contributed by atoms with Gasteiger partial charge in [-0.05, 0) is 31.2 Å². The number of para-hydroxylation sites is 1. The molecule has 3 rings (SSSR count). The van der Waals surface area contributed by atoms with Gasteiger partial charge in [0.25, 0.3) is 0 Å². The summed E-state index contributed by atoms with van der Waals surface area (Å²) in [6.45, 7) is 3.31. The Hall–Kier alpha value is -2.32. The van der Waals surface area contributed by atoms with Crippen molar-refractivity contribution in [2.24, 2.45) is 0 Å². The number of hydrogen-bond acceptors (Lipinski definition) is 4. The zero-order chi connectivity index (χ0) is 20.9. The van der Waals surface area contributed by atoms with Crippen molar-refractivity contribution in [1.82, 2.24) is 9.88 Å². The van der Waals surface area contributed by atoms with E-state index in [2.05, 4.69) is 15.2 Å². The minimum atomic E-state index is -4.47. The molecule has 0 bridgehead atoms. The summed E-state index contributed by atoms with van der Waals surface area (Å²) >= 11 is 6.07. The third-order valence-corrected chi connectivity index (χ3v) is 5.03. The normalized spacial score (nSPS) is 15.8. The number of pyridine rings is 1. The van der Waals surface area contributed by atoms with Crippen LogP contribution in [0.1, 0.15) is 18.4 Å². The number of aromatic nitrogens is 1. The largest absolute Gasteiger partial charge is 0.417 e. The predicted molar refractivity (Wildman–Crippen MR) is 107 cm³/mol. The number of halogens is 4. The maximum atomic E-state index is 12.8. The van der Waals surface area contributed by atoms with Crippen LogP contribution in [0.3, 0.4) is 0 Å². The number of benzene rings is 1. The molecule has 0 saturated carbocycles. The number of amides is 1. The number of anilines is 2. The molecule has 1 aromatic carbocycles. The van der Waals surface area contributed by atoms with Crippen molar-refractivity contribution in [3.63, 3.8) is 0 Å². The lowest BCUT2D eigenvalue weighted by Gasteiger charge is -2.24. The van der Waals surface area contributed by atoms with E-state index < -0.39 is 11.7 Å². The summed E-state index contributed by atoms with van der Waals surface area (Å²) < 4.78 is 38.4. The van der Waals surface area contributed by atoms with Gasteiger partial charge in [0, 0.05) is 44.5 Å². The minimum Gasteiger partial charge on any atom is -0.354 e. The first-order valence-electron chi connectivity index (χ1n) is 9.38. The molecule has 1 aliphatic rings. The molecule has 9 heteroatoms. The highest BCUT2D eigenvalue weighted by atomic mass is 35.5. The van der Waals surface area contributed by atoms with Gasteiger partial charge in [-0.15, -0.1) is 0 Å². The predicted octanol–water partition coefficient (Wildman–Crippen LogP) is 4.29. The molecule has 0 atom stereocenters. The van der Waals surface area contributed by atoms with Crippen molar-refractivity contribution in [2.45, 2.75) is 19.0 Å². The summed E-state index contributed by atoms with van der Waals surface area (Å²) in [7, 11) is 0. The molecule has 2 aromatic rings. The van der Waals surface area contributed by atoms with Crippen LogP contribution < -0.4 is 10.2 Å². The molecule has 0 radical (unpaired) electrons. The number of nitrogens with zero attached hydrogens (tertiary/aromatic N) is 3. The maximum absolute atomic E-state index is 12.8. The van der Waals surface area contributed by atoms with Crippen molar-refractivity contribution >= 4 is 29.0 Å². The van der Waals surface area contributed by atoms with Crippen LogP contribution in [0.15, 0.2) is 42.6 Å². The molecule has 0 spiro atoms. The molecule has 1 aliphatic heterocycles. The molecule has 156 valence electrons. The Morgan fingerprint density at radius 3 is 2.59 bits per heavy atom. The van der Waals surface area contributed by atoms with Gasteiger partial charge < -0.3 is 15.1 Å². The third-order valence-electron chi connectivity index (χ3n) is 4.75. The highest BCUT2D eigenvalue weighted by Gasteiger charge is 2.32. The summed E-state index contributed by atoms with van der Waals surface area (Å²) in [5, 5.41) is 2.86. The Labute approximate surface area is 172 Å². The summed E-state index contributed by atoms with van der Waals surface area (Å²) in [6.07, 6.45) is -2.48. The van der Waals surface area contributed by atoms with E-state index in [-0.39, 0.29) is 10.9 Å². The van der Waals surface area contributed by atoms with E-state index in [4.69, 9.17) is 11.6 Å². The summed E-state index contributed by atoms with van der Waals surface area (Å²) in [6, 6.07) is 10.2. The molecule has 1 saturated heterocycles. The molecular formula is C20H22ClF3N4O. The Morgan fingerprint density at radius 2 is 1.90 bits per heavy atom. The van der Waals surface area contributed by atoms with Crippen LogP contribution in [0.4, 0.5) is 24.7 Å². The third kappa shape index (κ3) is 6.08. The number of rotatable bonds is 5. The monoisotopic (exact) mass is 426 g/mol. The smallest absolute Gasteiger partial charge is 0.354 e. The van der Waals surface area contributed by atoms with E-state index in [9.17, 15) is 18.0 Å². The average molecular weight is 427 g/mol. The first kappa shape index (κ1) is 21.4. The Kier molecular flexibility index (Phi) is 6.97. The molecule has 1 N–H and O–H groups in total. The molecule has 1 aromatic heterocycles. The fraction of sp³-hybridized carbons (Fsp3) is 0.400. The van der Waals surface area contributed by atoms with Crippen molar-refractivity contribution < 1.29 is 18.0 Å². The summed E-state index contributed by atoms with van der Waals surface area (Å²) in [5.74, 6) is 0.313. The molecule has 0 unspecified atom stereocenters. The van der Waals surface area contributed by atoms with Crippen LogP contribution in [0.5, 0.6) is 0 Å². The van der Waals surface area contributed by atoms with Crippen LogP contribution in [0.2, 0.25) is 5.02 Å². The number of carbonyl (C=O) groups is 1. The molecule has 1 amide bonds. The van der Waals surface area contributed by atoms with Crippen LogP contribution in [0, 0.1) is 0 Å². The minimum absolute atomic E-state index is 0.00415. The molecule has 29 heavy (non-hydrogen) atoms. The van der Waals surface area contributed by atoms with Gasteiger partial charge in [-0.3, -0.25) is 4.79 Å². The fourth-order valence-corrected chi connectivity index (χ4v) is 3.52. The van der Waals surface area contributed by atoms with Gasteiger partial charge in [0.1, 0.15) is 5.82 Å². The first-order chi connectivity index (χ1) is 13.8. The standard InChI is InChI=1S/C20H22ClF3N4O/c21-17-13-15(20(22,23)24)14-25-19(17)28-9-4-8-27(11-12-28)10-7-18(29)26-16-5-2-1-3-6-16/h1-3,5-6,13-14H,4,7-12H2,(H,26,29). The summed E-state index contributed by atoms with van der Waals surface area (Å²) in [5.41, 5.74) is -0.0883. The highest BCUT2D eigenvalue weighted by molar-refractivity contribution is 6.33. The SMILES string of the molecule is O=C(CCN1CCCN(c2ncc(C(F)(F)F)cc2Cl)CC1)Nc1ccccc1. The molecule has 5 nitrogen and oxygen atoms in total. The van der Waals surface area contributed by atoms with Crippen LogP contribution >= 0.6 is 11.6 Å². The Morgan fingerprint density at radius 1 is 1.14 bits per heavy atom. The van der Waals surface area contributed by atoms with E-state index in [0.29, 0.717) is 38.4 Å². The quantitative estimate of drug-likeness (QED) is 0.774. The number of hydrogen-bond donors (Lipinski definition) is 1. The van der Waals surface area contributed by atoms with E-state index in [1.807, 2.05) is 35.2 Å². The number of alkyl halides is 3. The van der Waals surface area contributed by atoms with Crippen molar-refractivity contribution in [3.05, 3.63) is 53.2 Å². The van der Waals surface area contributed by atoms with Crippen LogP contribution in [-0.4, -0.2) is 48.5 Å². The molecule has 0 aliphatic carbocycles. The van der Waals surface area contributed by atoms with Crippen molar-refractivity contribution in [3.8, 4) is 0 Å². The Bertz CT molecular complexity index is 832. The lowest BCUT2D eigenvalue weighted by molar-refractivity contribution is -0.137. The van der Waals surface area contributed by atoms with Gasteiger partial charge in [0.15, 0.2) is 0 Å². The van der Waals surface area contributed by atoms with E-state index in [0.717, 1.165) is 30.9 Å². The number of nitrogens with one attached hydrogen (secondary N) is 1. The second kappa shape index (κ2) is 9.45. The fourth-order valence-electron chi connectivity index (χ4n) is 3.23. The second-order valence-corrected chi connectivity index (χ2v) is 7.28. The topological polar surface area (TPSA) is 48.5 Å². The van der Waals surface area contributed by atoms with Crippen molar-refractivity contribution in [1.29, 1.82) is 0 Å². The molecular weight excluding hydrogens is 405 g/mol. The lowest BCUT2D eigenvalue weighted by atomic mass is 10.2. The number of carbonyl (C=O) groups excluding carboxylic acids is 1. The average Bonchev–Trinajstić information content (AvgIpc) is 2.92. The van der Waals surface area contributed by atoms with Gasteiger partial charge in [-0.25, -0.2) is 4.98 Å². The van der Waals surface area contributed by atoms with E-state index in [1.165, 1.54) is 0 Å². The van der Waals surface area contributed by atoms with E-state index in [1.54, 1.807) is 0 Å². The van der Waals surface area contributed by atoms with Gasteiger partial charge in [0.05, 0.1) is 10.6 Å². The zero-order valence-electron chi connectivity index (χ0n) is 15.8. The van der Waals surface area contributed by atoms with Crippen molar-refractivity contribution in [2.75, 3.05) is 42.9 Å². The molecule has 1 fully saturated rings. The van der Waals surface area contributed by atoms with Gasteiger partial charge >= 0.3 is 6.18 Å². The highest BCUT2D eigenvalue weighted by Crippen LogP contribution is 2.33. The maximum Gasteiger partial charge on any atom is 0.417 e. The molecule has 2 heterocycles. The van der Waals surface area contributed by atoms with Crippen LogP contribution in [-0.2, 0) is 11.0 Å². The lowest BCUT2D eigenvalue weighted by Crippen LogP contribution is -2.33. The van der Waals surface area contributed by atoms with Gasteiger partial charge in [-0.1, -0.05) is 29.8 Å². The van der Waals surface area contributed by atoms with Gasteiger partial charge in [-0.2, -0.15) is 13.2 Å². The first-order valence-corrected chi connectivity index (χ1v) is 9.75. The Balaban J connectivity index is 1.52. The van der Waals surface area contributed by atoms with Gasteiger partial charge in [0.2, 0.25) is 5.91 Å².